The summed E-state index contributed by atoms with van der Waals surface area (Å²) < 4.78 is 16.7. The first-order valence-electron chi connectivity index (χ1n) is 10.3. The van der Waals surface area contributed by atoms with Crippen LogP contribution in [0.2, 0.25) is 0 Å². The molecular weight excluding hydrogens is 406 g/mol. The van der Waals surface area contributed by atoms with Crippen LogP contribution in [0, 0.1) is 11.8 Å². The van der Waals surface area contributed by atoms with Crippen molar-refractivity contribution in [2.75, 3.05) is 19.8 Å². The maximum absolute atomic E-state index is 13.8. The minimum absolute atomic E-state index is 0. The van der Waals surface area contributed by atoms with E-state index >= 15 is 0 Å². The summed E-state index contributed by atoms with van der Waals surface area (Å²) in [6.45, 7) is 4.50. The smallest absolute Gasteiger partial charge is 0.837 e. The molecule has 162 valence electrons. The SMILES string of the molecule is CCOC1=CC([O-])(c2ccccc2)C(OCC)=CC1([O-])C#CCOCc1ccccc1.[Li+].[Li+]. The van der Waals surface area contributed by atoms with E-state index in [0.29, 0.717) is 12.2 Å². The van der Waals surface area contributed by atoms with E-state index in [9.17, 15) is 10.2 Å². The summed E-state index contributed by atoms with van der Waals surface area (Å²) in [4.78, 5) is 0. The maximum Gasteiger partial charge on any atom is 1.00 e. The molecule has 0 N–H and O–H groups in total. The van der Waals surface area contributed by atoms with Gasteiger partial charge in [-0.25, -0.2) is 0 Å². The maximum atomic E-state index is 13.8. The van der Waals surface area contributed by atoms with Gasteiger partial charge in [0.05, 0.1) is 31.3 Å². The summed E-state index contributed by atoms with van der Waals surface area (Å²) in [5.41, 5.74) is -2.40. The molecule has 2 unspecified atom stereocenters. The predicted octanol–water partition coefficient (Wildman–Crippen LogP) is -3.58. The number of rotatable bonds is 8. The van der Waals surface area contributed by atoms with Gasteiger partial charge in [-0.05, 0) is 42.7 Å². The van der Waals surface area contributed by atoms with E-state index in [1.165, 1.54) is 12.2 Å². The van der Waals surface area contributed by atoms with Gasteiger partial charge in [0.25, 0.3) is 0 Å². The number of benzene rings is 2. The van der Waals surface area contributed by atoms with Crippen molar-refractivity contribution in [1.29, 1.82) is 0 Å². The van der Waals surface area contributed by atoms with E-state index in [-0.39, 0.29) is 69.1 Å². The first kappa shape index (κ1) is 29.2. The Bertz CT molecular complexity index is 982. The topological polar surface area (TPSA) is 73.8 Å². The monoisotopic (exact) mass is 432 g/mol. The van der Waals surface area contributed by atoms with Crippen LogP contribution in [0.5, 0.6) is 0 Å². The van der Waals surface area contributed by atoms with Crippen LogP contribution in [0.1, 0.15) is 25.0 Å². The zero-order valence-corrected chi connectivity index (χ0v) is 19.8. The second kappa shape index (κ2) is 13.8. The van der Waals surface area contributed by atoms with Crippen molar-refractivity contribution in [2.45, 2.75) is 31.7 Å². The number of ether oxygens (including phenoxy) is 3. The van der Waals surface area contributed by atoms with E-state index in [0.717, 1.165) is 5.56 Å². The molecule has 2 atom stereocenters. The van der Waals surface area contributed by atoms with Gasteiger partial charge in [0, 0.05) is 5.60 Å². The van der Waals surface area contributed by atoms with Crippen LogP contribution in [-0.2, 0) is 26.4 Å². The Morgan fingerprint density at radius 2 is 1.36 bits per heavy atom. The second-order valence-electron chi connectivity index (χ2n) is 7.00. The molecule has 7 heteroatoms. The van der Waals surface area contributed by atoms with Gasteiger partial charge in [-0.2, -0.15) is 0 Å². The Balaban J connectivity index is 0.00000272. The molecule has 1 aliphatic carbocycles. The fourth-order valence-electron chi connectivity index (χ4n) is 3.31. The molecular formula is C26H26Li2O5. The zero-order valence-electron chi connectivity index (χ0n) is 19.8. The van der Waals surface area contributed by atoms with Crippen LogP contribution >= 0.6 is 0 Å². The van der Waals surface area contributed by atoms with Gasteiger partial charge in [-0.3, -0.25) is 0 Å². The zero-order chi connectivity index (χ0) is 22.2. The normalized spacial score (nSPS) is 21.2. The van der Waals surface area contributed by atoms with Crippen LogP contribution in [-0.4, -0.2) is 25.4 Å². The Morgan fingerprint density at radius 3 is 1.97 bits per heavy atom. The largest absolute Gasteiger partial charge is 1.00 e. The van der Waals surface area contributed by atoms with Gasteiger partial charge in [-0.15, -0.1) is 0 Å². The Hall–Kier alpha value is -1.85. The Morgan fingerprint density at radius 1 is 0.788 bits per heavy atom. The van der Waals surface area contributed by atoms with Crippen molar-refractivity contribution in [3.8, 4) is 11.8 Å². The summed E-state index contributed by atoms with van der Waals surface area (Å²) in [6.07, 6.45) is 2.54. The van der Waals surface area contributed by atoms with Crippen LogP contribution in [0.15, 0.2) is 84.3 Å². The minimum atomic E-state index is -2.03. The molecule has 0 saturated heterocycles. The number of hydrogen-bond donors (Lipinski definition) is 0. The van der Waals surface area contributed by atoms with E-state index in [2.05, 4.69) is 11.8 Å². The summed E-state index contributed by atoms with van der Waals surface area (Å²) in [6, 6.07) is 18.5. The fraction of sp³-hybridized carbons (Fsp3) is 0.308. The summed E-state index contributed by atoms with van der Waals surface area (Å²) in [7, 11) is 0. The summed E-state index contributed by atoms with van der Waals surface area (Å²) >= 11 is 0. The average molecular weight is 432 g/mol. The molecule has 3 rings (SSSR count). The third-order valence-electron chi connectivity index (χ3n) is 4.76. The Kier molecular flexibility index (Phi) is 12.2. The molecule has 0 bridgehead atoms. The van der Waals surface area contributed by atoms with Gasteiger partial charge in [-0.1, -0.05) is 72.5 Å². The van der Waals surface area contributed by atoms with Crippen LogP contribution in [0.3, 0.4) is 0 Å². The van der Waals surface area contributed by atoms with E-state index in [1.807, 2.05) is 36.4 Å². The van der Waals surface area contributed by atoms with Crippen molar-refractivity contribution in [3.63, 3.8) is 0 Å². The van der Waals surface area contributed by atoms with Crippen LogP contribution in [0.25, 0.3) is 0 Å². The predicted molar refractivity (Wildman–Crippen MR) is 114 cm³/mol. The first-order chi connectivity index (χ1) is 15.0. The molecule has 5 nitrogen and oxygen atoms in total. The molecule has 0 fully saturated rings. The van der Waals surface area contributed by atoms with E-state index in [1.54, 1.807) is 38.1 Å². The molecule has 1 aliphatic rings. The second-order valence-corrected chi connectivity index (χ2v) is 7.00. The molecule has 0 amide bonds. The molecule has 33 heavy (non-hydrogen) atoms. The van der Waals surface area contributed by atoms with Crippen LogP contribution in [0.4, 0.5) is 0 Å². The quantitative estimate of drug-likeness (QED) is 0.245. The molecule has 0 saturated carbocycles. The van der Waals surface area contributed by atoms with E-state index in [4.69, 9.17) is 14.2 Å². The number of hydrogen-bond acceptors (Lipinski definition) is 5. The van der Waals surface area contributed by atoms with E-state index < -0.39 is 11.2 Å². The molecule has 0 radical (unpaired) electrons. The van der Waals surface area contributed by atoms with Crippen LogP contribution < -0.4 is 47.9 Å². The van der Waals surface area contributed by atoms with Gasteiger partial charge >= 0.3 is 37.7 Å². The standard InChI is InChI=1S/C26H26O5.2Li/c1-3-30-23-19-26(28,22-14-9-6-10-15-22)24(31-4-2)18-25(23,27)16-11-17-29-20-21-12-7-5-8-13-21;;/h5-10,12-15,18-19H,3-4,17,20H2,1-2H3;;/q-2;2*+1. The van der Waals surface area contributed by atoms with Gasteiger partial charge in [0.15, 0.2) is 0 Å². The molecule has 0 aromatic heterocycles. The third kappa shape index (κ3) is 7.32. The molecule has 0 aliphatic heterocycles. The minimum Gasteiger partial charge on any atom is -0.837 e. The van der Waals surface area contributed by atoms with Gasteiger partial charge in [0.2, 0.25) is 0 Å². The molecule has 0 spiro atoms. The summed E-state index contributed by atoms with van der Waals surface area (Å²) in [5.74, 6) is 5.46. The summed E-state index contributed by atoms with van der Waals surface area (Å²) in [5, 5.41) is 27.4. The van der Waals surface area contributed by atoms with Crippen molar-refractivity contribution in [3.05, 3.63) is 95.5 Å². The molecule has 2 aromatic rings. The third-order valence-corrected chi connectivity index (χ3v) is 4.76. The van der Waals surface area contributed by atoms with Gasteiger partial charge in [0.1, 0.15) is 6.61 Å². The Labute approximate surface area is 220 Å². The van der Waals surface area contributed by atoms with Gasteiger partial charge < -0.3 is 24.4 Å². The fourth-order valence-corrected chi connectivity index (χ4v) is 3.31. The van der Waals surface area contributed by atoms with Crippen molar-refractivity contribution in [2.24, 2.45) is 0 Å². The van der Waals surface area contributed by atoms with Crippen molar-refractivity contribution >= 4 is 0 Å². The molecule has 2 aromatic carbocycles. The first-order valence-corrected chi connectivity index (χ1v) is 10.3. The average Bonchev–Trinajstić information content (AvgIpc) is 2.79. The van der Waals surface area contributed by atoms with Crippen molar-refractivity contribution in [1.82, 2.24) is 0 Å². The molecule has 0 heterocycles. The van der Waals surface area contributed by atoms with Crippen molar-refractivity contribution < 1.29 is 62.1 Å².